The summed E-state index contributed by atoms with van der Waals surface area (Å²) in [6, 6.07) is 9.04. The van der Waals surface area contributed by atoms with Crippen molar-refractivity contribution in [3.63, 3.8) is 0 Å². The highest BCUT2D eigenvalue weighted by molar-refractivity contribution is 7.89. The lowest BCUT2D eigenvalue weighted by molar-refractivity contribution is 0.102. The summed E-state index contributed by atoms with van der Waals surface area (Å²) < 4.78 is 37.0. The number of halogens is 1. The molecule has 27 heavy (non-hydrogen) atoms. The lowest BCUT2D eigenvalue weighted by Crippen LogP contribution is -2.27. The zero-order chi connectivity index (χ0) is 20.0. The molecule has 0 aliphatic heterocycles. The smallest absolute Gasteiger partial charge is 0.255 e. The maximum atomic E-state index is 12.6. The molecule has 0 aromatic heterocycles. The number of carbonyl (C=O) groups is 1. The first-order valence-corrected chi connectivity index (χ1v) is 9.88. The van der Waals surface area contributed by atoms with E-state index in [1.165, 1.54) is 38.5 Å². The number of sulfonamides is 1. The number of carbonyl (C=O) groups excluding carboxylic acids is 1. The molecule has 0 aliphatic rings. The Kier molecular flexibility index (Phi) is 7.20. The third kappa shape index (κ3) is 5.43. The van der Waals surface area contributed by atoms with Crippen molar-refractivity contribution >= 4 is 33.2 Å². The van der Waals surface area contributed by atoms with Crippen molar-refractivity contribution in [3.8, 4) is 5.75 Å². The normalized spacial score (nSPS) is 11.3. The van der Waals surface area contributed by atoms with Gasteiger partial charge >= 0.3 is 0 Å². The zero-order valence-corrected chi connectivity index (χ0v) is 16.8. The summed E-state index contributed by atoms with van der Waals surface area (Å²) in [5.41, 5.74) is 1.40. The van der Waals surface area contributed by atoms with Crippen LogP contribution in [0.3, 0.4) is 0 Å². The highest BCUT2D eigenvalue weighted by Gasteiger charge is 2.17. The molecule has 0 spiro atoms. The maximum Gasteiger partial charge on any atom is 0.255 e. The van der Waals surface area contributed by atoms with Crippen LogP contribution < -0.4 is 14.8 Å². The molecule has 9 heteroatoms. The van der Waals surface area contributed by atoms with E-state index in [4.69, 9.17) is 21.1 Å². The van der Waals surface area contributed by atoms with Gasteiger partial charge in [0.2, 0.25) is 10.0 Å². The molecule has 0 bridgehead atoms. The highest BCUT2D eigenvalue weighted by atomic mass is 35.5. The van der Waals surface area contributed by atoms with Crippen molar-refractivity contribution in [1.29, 1.82) is 0 Å². The van der Waals surface area contributed by atoms with Gasteiger partial charge in [-0.1, -0.05) is 17.7 Å². The predicted octanol–water partition coefficient (Wildman–Crippen LogP) is 2.83. The number of hydrogen-bond donors (Lipinski definition) is 2. The molecule has 0 radical (unpaired) electrons. The van der Waals surface area contributed by atoms with E-state index in [1.54, 1.807) is 19.1 Å². The Morgan fingerprint density at radius 1 is 1.19 bits per heavy atom. The molecule has 0 saturated carbocycles. The molecular weight excluding hydrogens is 392 g/mol. The summed E-state index contributed by atoms with van der Waals surface area (Å²) in [4.78, 5) is 12.6. The number of amides is 1. The lowest BCUT2D eigenvalue weighted by Gasteiger charge is -2.13. The molecule has 0 atom stereocenters. The first-order chi connectivity index (χ1) is 12.8. The molecule has 2 aromatic carbocycles. The van der Waals surface area contributed by atoms with Crippen molar-refractivity contribution < 1.29 is 22.7 Å². The zero-order valence-electron chi connectivity index (χ0n) is 15.2. The minimum atomic E-state index is -3.74. The number of methoxy groups -OCH3 is 2. The maximum absolute atomic E-state index is 12.6. The van der Waals surface area contributed by atoms with E-state index in [-0.39, 0.29) is 23.6 Å². The Morgan fingerprint density at radius 3 is 2.59 bits per heavy atom. The van der Waals surface area contributed by atoms with E-state index >= 15 is 0 Å². The van der Waals surface area contributed by atoms with E-state index in [0.717, 1.165) is 5.56 Å². The van der Waals surface area contributed by atoms with Crippen LogP contribution in [-0.4, -0.2) is 41.7 Å². The molecule has 2 aromatic rings. The summed E-state index contributed by atoms with van der Waals surface area (Å²) in [7, 11) is -0.793. The fourth-order valence-corrected chi connectivity index (χ4v) is 3.50. The molecule has 0 aliphatic carbocycles. The molecular formula is C18H21ClN2O5S. The number of rotatable bonds is 8. The fraction of sp³-hybridized carbons (Fsp3) is 0.278. The summed E-state index contributed by atoms with van der Waals surface area (Å²) in [6.07, 6.45) is 0. The quantitative estimate of drug-likeness (QED) is 0.650. The summed E-state index contributed by atoms with van der Waals surface area (Å²) >= 11 is 6.07. The van der Waals surface area contributed by atoms with Gasteiger partial charge in [-0.3, -0.25) is 4.79 Å². The van der Waals surface area contributed by atoms with Gasteiger partial charge in [0.1, 0.15) is 5.75 Å². The second-order valence-electron chi connectivity index (χ2n) is 5.67. The molecule has 7 nitrogen and oxygen atoms in total. The van der Waals surface area contributed by atoms with Crippen LogP contribution in [0.25, 0.3) is 0 Å². The number of nitrogens with one attached hydrogen (secondary N) is 2. The molecule has 1 amide bonds. The van der Waals surface area contributed by atoms with E-state index in [2.05, 4.69) is 10.0 Å². The average Bonchev–Trinajstić information content (AvgIpc) is 2.64. The van der Waals surface area contributed by atoms with Crippen LogP contribution in [0.5, 0.6) is 5.75 Å². The van der Waals surface area contributed by atoms with Gasteiger partial charge in [0.05, 0.1) is 24.3 Å². The van der Waals surface area contributed by atoms with Crippen molar-refractivity contribution in [2.45, 2.75) is 11.8 Å². The van der Waals surface area contributed by atoms with Gasteiger partial charge in [-0.2, -0.15) is 0 Å². The van der Waals surface area contributed by atoms with Gasteiger partial charge in [-0.05, 0) is 36.8 Å². The topological polar surface area (TPSA) is 93.7 Å². The number of anilines is 1. The van der Waals surface area contributed by atoms with Crippen molar-refractivity contribution in [2.75, 3.05) is 32.7 Å². The van der Waals surface area contributed by atoms with E-state index < -0.39 is 15.9 Å². The first-order valence-electron chi connectivity index (χ1n) is 8.02. The highest BCUT2D eigenvalue weighted by Crippen LogP contribution is 2.31. The lowest BCUT2D eigenvalue weighted by atomic mass is 10.1. The molecule has 146 valence electrons. The Labute approximate surface area is 163 Å². The van der Waals surface area contributed by atoms with E-state index in [0.29, 0.717) is 16.5 Å². The largest absolute Gasteiger partial charge is 0.495 e. The monoisotopic (exact) mass is 412 g/mol. The molecule has 0 saturated heterocycles. The van der Waals surface area contributed by atoms with Crippen molar-refractivity contribution in [3.05, 3.63) is 52.5 Å². The van der Waals surface area contributed by atoms with Crippen LogP contribution in [0.2, 0.25) is 5.02 Å². The minimum Gasteiger partial charge on any atom is -0.495 e. The Balaban J connectivity index is 2.25. The third-order valence-corrected chi connectivity index (χ3v) is 5.60. The van der Waals surface area contributed by atoms with Crippen LogP contribution in [0.1, 0.15) is 15.9 Å². The van der Waals surface area contributed by atoms with Crippen LogP contribution in [-0.2, 0) is 14.8 Å². The molecule has 0 fully saturated rings. The summed E-state index contributed by atoms with van der Waals surface area (Å²) in [5, 5.41) is 3.23. The number of aryl methyl sites for hydroxylation is 1. The van der Waals surface area contributed by atoms with Crippen LogP contribution in [0.4, 0.5) is 5.69 Å². The Morgan fingerprint density at radius 2 is 1.93 bits per heavy atom. The van der Waals surface area contributed by atoms with E-state index in [1.807, 2.05) is 0 Å². The Bertz CT molecular complexity index is 931. The minimum absolute atomic E-state index is 0.00879. The molecule has 0 heterocycles. The van der Waals surface area contributed by atoms with Crippen molar-refractivity contribution in [2.24, 2.45) is 0 Å². The van der Waals surface area contributed by atoms with Crippen molar-refractivity contribution in [1.82, 2.24) is 4.72 Å². The number of hydrogen-bond acceptors (Lipinski definition) is 5. The number of ether oxygens (including phenoxy) is 2. The molecule has 0 unspecified atom stereocenters. The van der Waals surface area contributed by atoms with Gasteiger partial charge in [-0.25, -0.2) is 13.1 Å². The van der Waals surface area contributed by atoms with Crippen LogP contribution >= 0.6 is 11.6 Å². The first kappa shape index (κ1) is 21.2. The van der Waals surface area contributed by atoms with Gasteiger partial charge in [0, 0.05) is 30.3 Å². The van der Waals surface area contributed by atoms with Gasteiger partial charge < -0.3 is 14.8 Å². The predicted molar refractivity (Wildman–Crippen MR) is 104 cm³/mol. The number of benzene rings is 2. The van der Waals surface area contributed by atoms with Crippen LogP contribution in [0, 0.1) is 6.92 Å². The SMILES string of the molecule is COCCNS(=O)(=O)c1cccc(C(=O)Nc2cc(C)c(Cl)cc2OC)c1. The third-order valence-electron chi connectivity index (χ3n) is 3.73. The molecule has 2 rings (SSSR count). The van der Waals surface area contributed by atoms with Gasteiger partial charge in [0.15, 0.2) is 0 Å². The van der Waals surface area contributed by atoms with Gasteiger partial charge in [-0.15, -0.1) is 0 Å². The summed E-state index contributed by atoms with van der Waals surface area (Å²) in [5.74, 6) is -0.0621. The summed E-state index contributed by atoms with van der Waals surface area (Å²) in [6.45, 7) is 2.18. The second kappa shape index (κ2) is 9.18. The molecule has 2 N–H and O–H groups in total. The second-order valence-corrected chi connectivity index (χ2v) is 7.85. The van der Waals surface area contributed by atoms with E-state index in [9.17, 15) is 13.2 Å². The fourth-order valence-electron chi connectivity index (χ4n) is 2.29. The van der Waals surface area contributed by atoms with Gasteiger partial charge in [0.25, 0.3) is 5.91 Å². The van der Waals surface area contributed by atoms with Crippen LogP contribution in [0.15, 0.2) is 41.3 Å². The standard InChI is InChI=1S/C18H21ClN2O5S/c1-12-9-16(17(26-3)11-15(12)19)21-18(22)13-5-4-6-14(10-13)27(23,24)20-7-8-25-2/h4-6,9-11,20H,7-8H2,1-3H3,(H,21,22). The Hall–Kier alpha value is -2.13. The average molecular weight is 413 g/mol.